The number of carboxylic acids is 1. The van der Waals surface area contributed by atoms with Crippen molar-refractivity contribution in [3.05, 3.63) is 12.5 Å². The van der Waals surface area contributed by atoms with E-state index in [-0.39, 0.29) is 5.54 Å². The molecule has 0 fully saturated rings. The van der Waals surface area contributed by atoms with Gasteiger partial charge < -0.3 is 10.4 Å². The number of aliphatic carboxylic acids is 1. The van der Waals surface area contributed by atoms with Crippen LogP contribution < -0.4 is 5.32 Å². The van der Waals surface area contributed by atoms with E-state index in [0.717, 1.165) is 11.8 Å². The number of aromatic nitrogens is 4. The fourth-order valence-electron chi connectivity index (χ4n) is 2.16. The zero-order chi connectivity index (χ0) is 15.6. The molecule has 0 saturated carbocycles. The maximum absolute atomic E-state index is 11.3. The molecule has 2 heterocycles. The van der Waals surface area contributed by atoms with Crippen LogP contribution in [0.25, 0.3) is 11.0 Å². The molecule has 0 amide bonds. The highest BCUT2D eigenvalue weighted by Crippen LogP contribution is 2.24. The monoisotopic (exact) mass is 291 g/mol. The van der Waals surface area contributed by atoms with Crippen LogP contribution in [0.5, 0.6) is 0 Å². The number of carboxylic acid groups (broad SMARTS) is 1. The summed E-state index contributed by atoms with van der Waals surface area (Å²) in [6.07, 6.45) is 4.42. The Hall–Kier alpha value is -2.18. The van der Waals surface area contributed by atoms with Crippen molar-refractivity contribution in [2.45, 2.75) is 52.1 Å². The lowest BCUT2D eigenvalue weighted by molar-refractivity contribution is -0.138. The van der Waals surface area contributed by atoms with E-state index in [2.05, 4.69) is 20.4 Å². The molecule has 0 aliphatic heterocycles. The standard InChI is InChI=1S/C14H21N5O2/c1-5-6-10(13(20)21)18-11-9-7-17-19(14(2,3)4)12(9)16-8-15-11/h7-8,10H,5-6H2,1-4H3,(H,20,21)(H,15,16,18). The molecule has 2 aromatic heterocycles. The van der Waals surface area contributed by atoms with Gasteiger partial charge in [-0.15, -0.1) is 0 Å². The molecule has 2 aromatic rings. The number of hydrogen-bond donors (Lipinski definition) is 2. The molecular formula is C14H21N5O2. The second-order valence-electron chi connectivity index (χ2n) is 6.01. The molecule has 0 saturated heterocycles. The summed E-state index contributed by atoms with van der Waals surface area (Å²) in [6.45, 7) is 8.05. The summed E-state index contributed by atoms with van der Waals surface area (Å²) in [5, 5.41) is 17.3. The van der Waals surface area contributed by atoms with E-state index < -0.39 is 12.0 Å². The number of rotatable bonds is 5. The molecule has 0 aliphatic carbocycles. The number of carbonyl (C=O) groups is 1. The van der Waals surface area contributed by atoms with Gasteiger partial charge in [0.15, 0.2) is 5.65 Å². The fraction of sp³-hybridized carbons (Fsp3) is 0.571. The van der Waals surface area contributed by atoms with Crippen LogP contribution in [-0.4, -0.2) is 36.9 Å². The minimum Gasteiger partial charge on any atom is -0.480 e. The van der Waals surface area contributed by atoms with Gasteiger partial charge in [0.25, 0.3) is 0 Å². The Bertz CT molecular complexity index is 644. The maximum atomic E-state index is 11.3. The number of anilines is 1. The molecule has 0 radical (unpaired) electrons. The van der Waals surface area contributed by atoms with E-state index >= 15 is 0 Å². The van der Waals surface area contributed by atoms with E-state index in [1.165, 1.54) is 6.33 Å². The van der Waals surface area contributed by atoms with Crippen LogP contribution in [0.2, 0.25) is 0 Å². The quantitative estimate of drug-likeness (QED) is 0.877. The summed E-state index contributed by atoms with van der Waals surface area (Å²) >= 11 is 0. The van der Waals surface area contributed by atoms with Crippen LogP contribution in [-0.2, 0) is 10.3 Å². The van der Waals surface area contributed by atoms with Crippen LogP contribution in [0, 0.1) is 0 Å². The van der Waals surface area contributed by atoms with Gasteiger partial charge in [0.2, 0.25) is 0 Å². The SMILES string of the molecule is CCCC(Nc1ncnc2c1cnn2C(C)(C)C)C(=O)O. The molecule has 7 heteroatoms. The smallest absolute Gasteiger partial charge is 0.326 e. The predicted molar refractivity (Wildman–Crippen MR) is 80.3 cm³/mol. The average Bonchev–Trinajstić information content (AvgIpc) is 2.82. The minimum absolute atomic E-state index is 0.205. The van der Waals surface area contributed by atoms with Crippen LogP contribution in [0.4, 0.5) is 5.82 Å². The lowest BCUT2D eigenvalue weighted by Crippen LogP contribution is -2.29. The normalized spacial score (nSPS) is 13.3. The zero-order valence-electron chi connectivity index (χ0n) is 12.8. The largest absolute Gasteiger partial charge is 0.480 e. The van der Waals surface area contributed by atoms with Crippen LogP contribution in [0.3, 0.4) is 0 Å². The Morgan fingerprint density at radius 2 is 2.14 bits per heavy atom. The Labute approximate surface area is 123 Å². The third-order valence-electron chi connectivity index (χ3n) is 3.19. The summed E-state index contributed by atoms with van der Waals surface area (Å²) < 4.78 is 1.81. The van der Waals surface area contributed by atoms with Crippen LogP contribution >= 0.6 is 0 Å². The first-order valence-electron chi connectivity index (χ1n) is 7.03. The molecule has 0 aliphatic rings. The van der Waals surface area contributed by atoms with Crippen molar-refractivity contribution in [3.63, 3.8) is 0 Å². The fourth-order valence-corrected chi connectivity index (χ4v) is 2.16. The molecule has 2 N–H and O–H groups in total. The lowest BCUT2D eigenvalue weighted by atomic mass is 10.1. The molecule has 0 bridgehead atoms. The van der Waals surface area contributed by atoms with Crippen molar-refractivity contribution in [1.29, 1.82) is 0 Å². The average molecular weight is 291 g/mol. The van der Waals surface area contributed by atoms with Gasteiger partial charge >= 0.3 is 5.97 Å². The third-order valence-corrected chi connectivity index (χ3v) is 3.19. The van der Waals surface area contributed by atoms with Gasteiger partial charge in [-0.3, -0.25) is 0 Å². The van der Waals surface area contributed by atoms with E-state index in [1.54, 1.807) is 6.20 Å². The number of nitrogens with zero attached hydrogens (tertiary/aromatic N) is 4. The first-order valence-corrected chi connectivity index (χ1v) is 7.03. The topological polar surface area (TPSA) is 92.9 Å². The van der Waals surface area contributed by atoms with Crippen LogP contribution in [0.1, 0.15) is 40.5 Å². The van der Waals surface area contributed by atoms with Gasteiger partial charge in [0, 0.05) is 0 Å². The molecule has 1 atom stereocenters. The number of nitrogens with one attached hydrogen (secondary N) is 1. The van der Waals surface area contributed by atoms with Gasteiger partial charge in [-0.25, -0.2) is 19.4 Å². The summed E-state index contributed by atoms with van der Waals surface area (Å²) in [5.74, 6) is -0.372. The van der Waals surface area contributed by atoms with Gasteiger partial charge in [0.05, 0.1) is 17.1 Å². The minimum atomic E-state index is -0.883. The predicted octanol–water partition coefficient (Wildman–Crippen LogP) is 2.25. The Morgan fingerprint density at radius 3 is 2.71 bits per heavy atom. The van der Waals surface area contributed by atoms with Gasteiger partial charge in [0.1, 0.15) is 18.2 Å². The van der Waals surface area contributed by atoms with Crippen molar-refractivity contribution >= 4 is 22.8 Å². The highest BCUT2D eigenvalue weighted by Gasteiger charge is 2.22. The molecule has 114 valence electrons. The molecule has 2 rings (SSSR count). The molecule has 21 heavy (non-hydrogen) atoms. The van der Waals surface area contributed by atoms with Gasteiger partial charge in [-0.2, -0.15) is 5.10 Å². The van der Waals surface area contributed by atoms with Crippen molar-refractivity contribution < 1.29 is 9.90 Å². The van der Waals surface area contributed by atoms with E-state index in [4.69, 9.17) is 0 Å². The van der Waals surface area contributed by atoms with Crippen LogP contribution in [0.15, 0.2) is 12.5 Å². The lowest BCUT2D eigenvalue weighted by Gasteiger charge is -2.20. The van der Waals surface area contributed by atoms with Crippen molar-refractivity contribution in [2.24, 2.45) is 0 Å². The Balaban J connectivity index is 2.42. The Kier molecular flexibility index (Phi) is 4.11. The molecular weight excluding hydrogens is 270 g/mol. The zero-order valence-corrected chi connectivity index (χ0v) is 12.8. The highest BCUT2D eigenvalue weighted by atomic mass is 16.4. The molecule has 7 nitrogen and oxygen atoms in total. The van der Waals surface area contributed by atoms with E-state index in [0.29, 0.717) is 17.9 Å². The molecule has 0 spiro atoms. The Morgan fingerprint density at radius 1 is 1.43 bits per heavy atom. The van der Waals surface area contributed by atoms with E-state index in [1.807, 2.05) is 32.4 Å². The van der Waals surface area contributed by atoms with Crippen molar-refractivity contribution in [3.8, 4) is 0 Å². The summed E-state index contributed by atoms with van der Waals surface area (Å²) in [7, 11) is 0. The third kappa shape index (κ3) is 3.12. The summed E-state index contributed by atoms with van der Waals surface area (Å²) in [5.41, 5.74) is 0.490. The number of fused-ring (bicyclic) bond motifs is 1. The van der Waals surface area contributed by atoms with E-state index in [9.17, 15) is 9.90 Å². The summed E-state index contributed by atoms with van der Waals surface area (Å²) in [6, 6.07) is -0.661. The highest BCUT2D eigenvalue weighted by molar-refractivity contribution is 5.88. The number of hydrogen-bond acceptors (Lipinski definition) is 5. The first-order chi connectivity index (χ1) is 9.84. The first kappa shape index (κ1) is 15.2. The van der Waals surface area contributed by atoms with Gasteiger partial charge in [-0.1, -0.05) is 13.3 Å². The maximum Gasteiger partial charge on any atom is 0.326 e. The van der Waals surface area contributed by atoms with Gasteiger partial charge in [-0.05, 0) is 27.2 Å². The molecule has 0 aromatic carbocycles. The second kappa shape index (κ2) is 5.67. The van der Waals surface area contributed by atoms with Crippen molar-refractivity contribution in [1.82, 2.24) is 19.7 Å². The summed E-state index contributed by atoms with van der Waals surface area (Å²) in [4.78, 5) is 19.7. The van der Waals surface area contributed by atoms with Crippen molar-refractivity contribution in [2.75, 3.05) is 5.32 Å². The second-order valence-corrected chi connectivity index (χ2v) is 6.01. The molecule has 1 unspecified atom stereocenters.